The van der Waals surface area contributed by atoms with Gasteiger partial charge in [-0.2, -0.15) is 0 Å². The van der Waals surface area contributed by atoms with E-state index in [2.05, 4.69) is 9.62 Å². The number of carbonyl (C=O) groups is 1. The van der Waals surface area contributed by atoms with E-state index in [-0.39, 0.29) is 17.5 Å². The maximum atomic E-state index is 12.9. The van der Waals surface area contributed by atoms with Crippen LogP contribution >= 0.6 is 0 Å². The molecule has 146 valence electrons. The number of halogens is 1. The Kier molecular flexibility index (Phi) is 6.59. The molecular formula is C17H26FN3O4S. The van der Waals surface area contributed by atoms with Gasteiger partial charge in [0.25, 0.3) is 0 Å². The summed E-state index contributed by atoms with van der Waals surface area (Å²) in [6, 6.07) is 4.70. The van der Waals surface area contributed by atoms with E-state index in [4.69, 9.17) is 4.74 Å². The molecular weight excluding hydrogens is 361 g/mol. The molecule has 1 N–H and O–H groups in total. The van der Waals surface area contributed by atoms with Crippen molar-refractivity contribution in [1.29, 1.82) is 0 Å². The number of hydrogen-bond donors (Lipinski definition) is 1. The Bertz CT molecular complexity index is 709. The van der Waals surface area contributed by atoms with Crippen molar-refractivity contribution in [1.82, 2.24) is 14.5 Å². The summed E-state index contributed by atoms with van der Waals surface area (Å²) in [5, 5.41) is 0. The number of amides is 1. The molecule has 1 aliphatic rings. The Hall–Kier alpha value is -1.71. The number of hydrogen-bond acceptors (Lipinski definition) is 5. The predicted molar refractivity (Wildman–Crippen MR) is 95.8 cm³/mol. The number of ether oxygens (including phenoxy) is 1. The van der Waals surface area contributed by atoms with Crippen LogP contribution in [-0.2, 0) is 14.8 Å². The highest BCUT2D eigenvalue weighted by atomic mass is 32.2. The lowest BCUT2D eigenvalue weighted by Crippen LogP contribution is -2.51. The fraction of sp³-hybridized carbons (Fsp3) is 0.588. The first-order valence-corrected chi connectivity index (χ1v) is 10.0. The second kappa shape index (κ2) is 8.32. The molecule has 0 radical (unpaired) electrons. The van der Waals surface area contributed by atoms with Crippen molar-refractivity contribution in [3.05, 3.63) is 30.1 Å². The largest absolute Gasteiger partial charge is 0.444 e. The van der Waals surface area contributed by atoms with Gasteiger partial charge in [0, 0.05) is 39.3 Å². The van der Waals surface area contributed by atoms with Crippen LogP contribution in [0.4, 0.5) is 9.18 Å². The van der Waals surface area contributed by atoms with Crippen LogP contribution in [0.3, 0.4) is 0 Å². The van der Waals surface area contributed by atoms with Gasteiger partial charge in [0.15, 0.2) is 0 Å². The van der Waals surface area contributed by atoms with E-state index in [1.807, 2.05) is 20.8 Å². The standard InChI is InChI=1S/C17H26FN3O4S/c1-17(2,3)25-16(22)21-12-10-20(11-13-21)9-8-19-26(23,24)15-6-4-14(18)5-7-15/h4-7,19H,8-13H2,1-3H3. The third-order valence-corrected chi connectivity index (χ3v) is 5.34. The predicted octanol–water partition coefficient (Wildman–Crippen LogP) is 1.66. The van der Waals surface area contributed by atoms with E-state index in [0.717, 1.165) is 12.1 Å². The van der Waals surface area contributed by atoms with E-state index in [9.17, 15) is 17.6 Å². The van der Waals surface area contributed by atoms with E-state index < -0.39 is 21.4 Å². The van der Waals surface area contributed by atoms with Crippen LogP contribution in [-0.4, -0.2) is 69.2 Å². The van der Waals surface area contributed by atoms with Gasteiger partial charge in [-0.05, 0) is 45.0 Å². The Labute approximate surface area is 154 Å². The molecule has 1 amide bonds. The highest BCUT2D eigenvalue weighted by Crippen LogP contribution is 2.12. The van der Waals surface area contributed by atoms with Crippen molar-refractivity contribution >= 4 is 16.1 Å². The molecule has 1 fully saturated rings. The summed E-state index contributed by atoms with van der Waals surface area (Å²) in [6.07, 6.45) is -0.325. The average Bonchev–Trinajstić information content (AvgIpc) is 2.54. The molecule has 1 aromatic rings. The lowest BCUT2D eigenvalue weighted by atomic mass is 10.2. The fourth-order valence-electron chi connectivity index (χ4n) is 2.52. The van der Waals surface area contributed by atoms with Crippen molar-refractivity contribution < 1.29 is 22.3 Å². The molecule has 26 heavy (non-hydrogen) atoms. The average molecular weight is 387 g/mol. The van der Waals surface area contributed by atoms with Gasteiger partial charge >= 0.3 is 6.09 Å². The van der Waals surface area contributed by atoms with Crippen molar-refractivity contribution in [2.75, 3.05) is 39.3 Å². The van der Waals surface area contributed by atoms with Crippen molar-refractivity contribution in [2.45, 2.75) is 31.3 Å². The highest BCUT2D eigenvalue weighted by Gasteiger charge is 2.25. The van der Waals surface area contributed by atoms with Crippen LogP contribution in [0.2, 0.25) is 0 Å². The van der Waals surface area contributed by atoms with E-state index in [0.29, 0.717) is 32.7 Å². The smallest absolute Gasteiger partial charge is 0.410 e. The minimum absolute atomic E-state index is 0.0358. The molecule has 7 nitrogen and oxygen atoms in total. The Morgan fingerprint density at radius 2 is 1.73 bits per heavy atom. The van der Waals surface area contributed by atoms with Crippen LogP contribution in [0.25, 0.3) is 0 Å². The monoisotopic (exact) mass is 387 g/mol. The maximum absolute atomic E-state index is 12.9. The number of nitrogens with one attached hydrogen (secondary N) is 1. The summed E-state index contributed by atoms with van der Waals surface area (Å²) in [6.45, 7) is 8.64. The molecule has 1 aromatic carbocycles. The van der Waals surface area contributed by atoms with E-state index in [1.165, 1.54) is 12.1 Å². The molecule has 0 atom stereocenters. The van der Waals surface area contributed by atoms with Crippen LogP contribution in [0, 0.1) is 5.82 Å². The number of nitrogens with zero attached hydrogens (tertiary/aromatic N) is 2. The van der Waals surface area contributed by atoms with Gasteiger partial charge in [-0.3, -0.25) is 4.90 Å². The SMILES string of the molecule is CC(C)(C)OC(=O)N1CCN(CCNS(=O)(=O)c2ccc(F)cc2)CC1. The summed E-state index contributed by atoms with van der Waals surface area (Å²) in [4.78, 5) is 15.8. The third-order valence-electron chi connectivity index (χ3n) is 3.87. The number of piperazine rings is 1. The van der Waals surface area contributed by atoms with Gasteiger partial charge in [0.05, 0.1) is 4.90 Å². The van der Waals surface area contributed by atoms with Gasteiger partial charge in [-0.25, -0.2) is 22.3 Å². The molecule has 0 unspecified atom stereocenters. The second-order valence-corrected chi connectivity index (χ2v) is 8.93. The lowest BCUT2D eigenvalue weighted by molar-refractivity contribution is 0.0147. The lowest BCUT2D eigenvalue weighted by Gasteiger charge is -2.35. The minimum atomic E-state index is -3.65. The second-order valence-electron chi connectivity index (χ2n) is 7.16. The topological polar surface area (TPSA) is 79.0 Å². The van der Waals surface area contributed by atoms with E-state index in [1.54, 1.807) is 4.90 Å². The maximum Gasteiger partial charge on any atom is 0.410 e. The first kappa shape index (κ1) is 20.6. The van der Waals surface area contributed by atoms with Gasteiger partial charge in [0.2, 0.25) is 10.0 Å². The zero-order valence-electron chi connectivity index (χ0n) is 15.4. The molecule has 0 spiro atoms. The molecule has 9 heteroatoms. The molecule has 0 saturated carbocycles. The zero-order chi connectivity index (χ0) is 19.4. The number of rotatable bonds is 5. The van der Waals surface area contributed by atoms with Crippen molar-refractivity contribution in [3.8, 4) is 0 Å². The highest BCUT2D eigenvalue weighted by molar-refractivity contribution is 7.89. The first-order valence-electron chi connectivity index (χ1n) is 8.52. The summed E-state index contributed by atoms with van der Waals surface area (Å²) < 4.78 is 45.0. The van der Waals surface area contributed by atoms with Gasteiger partial charge in [-0.15, -0.1) is 0 Å². The summed E-state index contributed by atoms with van der Waals surface area (Å²) in [7, 11) is -3.65. The summed E-state index contributed by atoms with van der Waals surface area (Å²) in [5.41, 5.74) is -0.521. The Morgan fingerprint density at radius 3 is 2.27 bits per heavy atom. The fourth-order valence-corrected chi connectivity index (χ4v) is 3.54. The molecule has 1 heterocycles. The molecule has 0 bridgehead atoms. The zero-order valence-corrected chi connectivity index (χ0v) is 16.2. The molecule has 1 aliphatic heterocycles. The number of benzene rings is 1. The molecule has 2 rings (SSSR count). The quantitative estimate of drug-likeness (QED) is 0.831. The Balaban J connectivity index is 1.75. The van der Waals surface area contributed by atoms with Crippen molar-refractivity contribution in [2.24, 2.45) is 0 Å². The van der Waals surface area contributed by atoms with Gasteiger partial charge < -0.3 is 9.64 Å². The van der Waals surface area contributed by atoms with Crippen LogP contribution in [0.5, 0.6) is 0 Å². The Morgan fingerprint density at radius 1 is 1.15 bits per heavy atom. The van der Waals surface area contributed by atoms with Gasteiger partial charge in [-0.1, -0.05) is 0 Å². The van der Waals surface area contributed by atoms with Crippen LogP contribution in [0.1, 0.15) is 20.8 Å². The summed E-state index contributed by atoms with van der Waals surface area (Å²) >= 11 is 0. The molecule has 0 aromatic heterocycles. The number of sulfonamides is 1. The molecule has 0 aliphatic carbocycles. The van der Waals surface area contributed by atoms with Crippen LogP contribution < -0.4 is 4.72 Å². The minimum Gasteiger partial charge on any atom is -0.444 e. The summed E-state index contributed by atoms with van der Waals surface area (Å²) in [5.74, 6) is -0.480. The van der Waals surface area contributed by atoms with Gasteiger partial charge in [0.1, 0.15) is 11.4 Å². The van der Waals surface area contributed by atoms with Crippen LogP contribution in [0.15, 0.2) is 29.2 Å². The molecule has 1 saturated heterocycles. The normalized spacial score (nSPS) is 16.5. The first-order chi connectivity index (χ1) is 12.1. The van der Waals surface area contributed by atoms with E-state index >= 15 is 0 Å². The van der Waals surface area contributed by atoms with Crippen molar-refractivity contribution in [3.63, 3.8) is 0 Å². The third kappa shape index (κ3) is 6.22. The number of carbonyl (C=O) groups excluding carboxylic acids is 1.